The lowest BCUT2D eigenvalue weighted by molar-refractivity contribution is 0.397. The third-order valence-corrected chi connectivity index (χ3v) is 4.36. The summed E-state index contributed by atoms with van der Waals surface area (Å²) in [5.41, 5.74) is 9.34. The number of nitrogen functional groups attached to an aromatic ring is 1. The van der Waals surface area contributed by atoms with Gasteiger partial charge in [-0.25, -0.2) is 15.0 Å². The summed E-state index contributed by atoms with van der Waals surface area (Å²) in [5, 5.41) is 3.49. The lowest BCUT2D eigenvalue weighted by Gasteiger charge is -2.19. The van der Waals surface area contributed by atoms with E-state index < -0.39 is 0 Å². The van der Waals surface area contributed by atoms with Crippen molar-refractivity contribution < 1.29 is 4.74 Å². The number of nitrogens with zero attached hydrogens (tertiary/aromatic N) is 3. The number of aryl methyl sites for hydroxylation is 1. The summed E-state index contributed by atoms with van der Waals surface area (Å²) in [5.74, 6) is 2.03. The van der Waals surface area contributed by atoms with Gasteiger partial charge in [0.2, 0.25) is 5.88 Å². The van der Waals surface area contributed by atoms with Crippen molar-refractivity contribution >= 4 is 11.5 Å². The minimum atomic E-state index is 0.426. The number of aromatic nitrogens is 3. The molecule has 2 heterocycles. The molecule has 2 aromatic heterocycles. The van der Waals surface area contributed by atoms with Gasteiger partial charge in [-0.2, -0.15) is 0 Å². The Labute approximate surface area is 136 Å². The van der Waals surface area contributed by atoms with Crippen LogP contribution in [-0.4, -0.2) is 28.1 Å². The molecule has 122 valence electrons. The van der Waals surface area contributed by atoms with Crippen LogP contribution in [0.4, 0.5) is 11.5 Å². The Balaban J connectivity index is 1.93. The van der Waals surface area contributed by atoms with Crippen LogP contribution < -0.4 is 15.8 Å². The van der Waals surface area contributed by atoms with Crippen molar-refractivity contribution in [1.29, 1.82) is 0 Å². The second-order valence-corrected chi connectivity index (χ2v) is 5.97. The molecule has 0 amide bonds. The molecule has 1 atom stereocenters. The van der Waals surface area contributed by atoms with Gasteiger partial charge in [-0.05, 0) is 38.2 Å². The van der Waals surface area contributed by atoms with E-state index in [1.807, 2.05) is 19.1 Å². The normalized spacial score (nSPS) is 15.3. The van der Waals surface area contributed by atoms with Crippen molar-refractivity contribution in [2.24, 2.45) is 5.92 Å². The van der Waals surface area contributed by atoms with E-state index in [4.69, 9.17) is 10.5 Å². The van der Waals surface area contributed by atoms with E-state index >= 15 is 0 Å². The molecule has 0 radical (unpaired) electrons. The summed E-state index contributed by atoms with van der Waals surface area (Å²) in [6.07, 6.45) is 5.18. The van der Waals surface area contributed by atoms with Crippen LogP contribution >= 0.6 is 0 Å². The fraction of sp³-hybridized carbons (Fsp3) is 0.471. The summed E-state index contributed by atoms with van der Waals surface area (Å²) < 4.78 is 5.15. The average molecular weight is 313 g/mol. The number of pyridine rings is 1. The zero-order chi connectivity index (χ0) is 16.4. The fourth-order valence-electron chi connectivity index (χ4n) is 2.85. The van der Waals surface area contributed by atoms with E-state index in [1.54, 1.807) is 13.4 Å². The molecule has 6 heteroatoms. The van der Waals surface area contributed by atoms with E-state index in [0.717, 1.165) is 23.6 Å². The van der Waals surface area contributed by atoms with E-state index in [2.05, 4.69) is 27.2 Å². The highest BCUT2D eigenvalue weighted by Gasteiger charge is 2.30. The van der Waals surface area contributed by atoms with Gasteiger partial charge in [0.25, 0.3) is 0 Å². The first-order chi connectivity index (χ1) is 11.1. The third kappa shape index (κ3) is 3.21. The molecule has 1 unspecified atom stereocenters. The van der Waals surface area contributed by atoms with Crippen molar-refractivity contribution in [3.63, 3.8) is 0 Å². The zero-order valence-corrected chi connectivity index (χ0v) is 13.8. The first kappa shape index (κ1) is 15.5. The maximum Gasteiger partial charge on any atom is 0.213 e. The predicted molar refractivity (Wildman–Crippen MR) is 91.4 cm³/mol. The van der Waals surface area contributed by atoms with Crippen molar-refractivity contribution in [3.8, 4) is 17.1 Å². The highest BCUT2D eigenvalue weighted by Crippen LogP contribution is 2.37. The van der Waals surface area contributed by atoms with Gasteiger partial charge in [-0.1, -0.05) is 6.92 Å². The number of anilines is 2. The summed E-state index contributed by atoms with van der Waals surface area (Å²) in [6, 6.07) is 4.17. The summed E-state index contributed by atoms with van der Waals surface area (Å²) in [4.78, 5) is 13.1. The minimum Gasteiger partial charge on any atom is -0.481 e. The summed E-state index contributed by atoms with van der Waals surface area (Å²) in [6.45, 7) is 4.11. The monoisotopic (exact) mass is 313 g/mol. The molecule has 3 N–H and O–H groups in total. The van der Waals surface area contributed by atoms with Gasteiger partial charge in [0.15, 0.2) is 5.82 Å². The van der Waals surface area contributed by atoms with E-state index in [9.17, 15) is 0 Å². The van der Waals surface area contributed by atoms with E-state index in [-0.39, 0.29) is 0 Å². The second kappa shape index (κ2) is 6.40. The van der Waals surface area contributed by atoms with Crippen molar-refractivity contribution in [1.82, 2.24) is 15.0 Å². The molecule has 6 nitrogen and oxygen atoms in total. The molecule has 0 saturated heterocycles. The molecule has 1 aliphatic carbocycles. The number of methoxy groups -OCH3 is 1. The highest BCUT2D eigenvalue weighted by atomic mass is 16.5. The molecule has 2 aromatic rings. The molecular formula is C17H23N5O. The summed E-state index contributed by atoms with van der Waals surface area (Å²) >= 11 is 0. The highest BCUT2D eigenvalue weighted by molar-refractivity contribution is 5.81. The SMILES string of the molecule is CCC(Nc1ncnc(-c2ccc(OC)nc2C)c1N)C1CC1. The lowest BCUT2D eigenvalue weighted by Crippen LogP contribution is -2.22. The average Bonchev–Trinajstić information content (AvgIpc) is 3.39. The van der Waals surface area contributed by atoms with Gasteiger partial charge in [0.1, 0.15) is 17.7 Å². The van der Waals surface area contributed by atoms with Gasteiger partial charge in [-0.3, -0.25) is 0 Å². The molecule has 0 aliphatic heterocycles. The van der Waals surface area contributed by atoms with Crippen LogP contribution in [0.15, 0.2) is 18.5 Å². The lowest BCUT2D eigenvalue weighted by atomic mass is 10.1. The Hall–Kier alpha value is -2.37. The molecule has 3 rings (SSSR count). The van der Waals surface area contributed by atoms with Crippen LogP contribution in [0.5, 0.6) is 5.88 Å². The molecule has 0 spiro atoms. The number of nitrogens with two attached hydrogens (primary N) is 1. The first-order valence-electron chi connectivity index (χ1n) is 8.03. The number of hydrogen-bond acceptors (Lipinski definition) is 6. The van der Waals surface area contributed by atoms with Gasteiger partial charge in [0.05, 0.1) is 12.8 Å². The number of rotatable bonds is 6. The number of nitrogens with one attached hydrogen (secondary N) is 1. The Morgan fingerprint density at radius 1 is 1.35 bits per heavy atom. The molecule has 1 fully saturated rings. The Morgan fingerprint density at radius 2 is 2.13 bits per heavy atom. The maximum absolute atomic E-state index is 6.33. The van der Waals surface area contributed by atoms with Crippen LogP contribution in [-0.2, 0) is 0 Å². The minimum absolute atomic E-state index is 0.426. The topological polar surface area (TPSA) is 86.0 Å². The molecule has 1 saturated carbocycles. The number of hydrogen-bond donors (Lipinski definition) is 2. The van der Waals surface area contributed by atoms with Crippen LogP contribution in [0.2, 0.25) is 0 Å². The Bertz CT molecular complexity index is 699. The van der Waals surface area contributed by atoms with Gasteiger partial charge < -0.3 is 15.8 Å². The van der Waals surface area contributed by atoms with E-state index in [1.165, 1.54) is 12.8 Å². The first-order valence-corrected chi connectivity index (χ1v) is 8.03. The molecular weight excluding hydrogens is 290 g/mol. The third-order valence-electron chi connectivity index (χ3n) is 4.36. The van der Waals surface area contributed by atoms with Crippen LogP contribution in [0.1, 0.15) is 31.9 Å². The van der Waals surface area contributed by atoms with Crippen LogP contribution in [0.25, 0.3) is 11.3 Å². The molecule has 0 aromatic carbocycles. The van der Waals surface area contributed by atoms with Crippen molar-refractivity contribution in [2.45, 2.75) is 39.2 Å². The zero-order valence-electron chi connectivity index (χ0n) is 13.8. The van der Waals surface area contributed by atoms with Crippen LogP contribution in [0.3, 0.4) is 0 Å². The predicted octanol–water partition coefficient (Wildman–Crippen LogP) is 3.04. The number of ether oxygens (including phenoxy) is 1. The molecule has 1 aliphatic rings. The van der Waals surface area contributed by atoms with Crippen LogP contribution in [0, 0.1) is 12.8 Å². The second-order valence-electron chi connectivity index (χ2n) is 5.97. The Morgan fingerprint density at radius 3 is 2.74 bits per heavy atom. The standard InChI is InChI=1S/C17H23N5O/c1-4-13(11-5-6-11)22-17-15(18)16(19-9-20-17)12-7-8-14(23-3)21-10(12)2/h7-9,11,13H,4-6,18H2,1-3H3,(H,19,20,22). The fourth-order valence-corrected chi connectivity index (χ4v) is 2.85. The maximum atomic E-state index is 6.33. The van der Waals surface area contributed by atoms with E-state index in [0.29, 0.717) is 29.1 Å². The van der Waals surface area contributed by atoms with Crippen molar-refractivity contribution in [2.75, 3.05) is 18.2 Å². The van der Waals surface area contributed by atoms with Gasteiger partial charge >= 0.3 is 0 Å². The smallest absolute Gasteiger partial charge is 0.213 e. The largest absolute Gasteiger partial charge is 0.481 e. The quantitative estimate of drug-likeness (QED) is 0.852. The summed E-state index contributed by atoms with van der Waals surface area (Å²) in [7, 11) is 1.60. The van der Waals surface area contributed by atoms with Gasteiger partial charge in [0, 0.05) is 17.7 Å². The molecule has 0 bridgehead atoms. The molecule has 23 heavy (non-hydrogen) atoms. The van der Waals surface area contributed by atoms with Gasteiger partial charge in [-0.15, -0.1) is 0 Å². The Kier molecular flexibility index (Phi) is 4.32. The van der Waals surface area contributed by atoms with Crippen molar-refractivity contribution in [3.05, 3.63) is 24.2 Å².